The Labute approximate surface area is 329 Å². The number of sulfonamides is 1. The zero-order valence-electron chi connectivity index (χ0n) is 32.0. The van der Waals surface area contributed by atoms with E-state index in [1.54, 1.807) is 16.8 Å². The van der Waals surface area contributed by atoms with E-state index >= 15 is 0 Å². The predicted octanol–water partition coefficient (Wildman–Crippen LogP) is 5.41. The number of halogens is 3. The number of alkyl halides is 3. The topological polar surface area (TPSA) is 169 Å². The minimum atomic E-state index is -4.53. The minimum Gasteiger partial charge on any atom is -0.351 e. The third-order valence-electron chi connectivity index (χ3n) is 11.4. The molecule has 57 heavy (non-hydrogen) atoms. The molecule has 2 aromatic heterocycles. The number of carbonyl (C=O) groups is 2. The van der Waals surface area contributed by atoms with Crippen molar-refractivity contribution >= 4 is 44.6 Å². The first-order chi connectivity index (χ1) is 27.1. The van der Waals surface area contributed by atoms with E-state index in [2.05, 4.69) is 62.6 Å². The van der Waals surface area contributed by atoms with E-state index in [1.165, 1.54) is 20.8 Å². The zero-order valence-corrected chi connectivity index (χ0v) is 32.8. The molecule has 302 valence electrons. The largest absolute Gasteiger partial charge is 0.419 e. The fourth-order valence-corrected chi connectivity index (χ4v) is 9.76. The van der Waals surface area contributed by atoms with Gasteiger partial charge in [0.15, 0.2) is 5.82 Å². The number of nitrogens with zero attached hydrogens (tertiary/aromatic N) is 8. The number of amides is 3. The molecule has 0 spiro atoms. The van der Waals surface area contributed by atoms with Crippen molar-refractivity contribution in [3.8, 4) is 6.07 Å². The van der Waals surface area contributed by atoms with Crippen LogP contribution in [0.5, 0.6) is 0 Å². The first-order valence-corrected chi connectivity index (χ1v) is 20.6. The maximum Gasteiger partial charge on any atom is 0.419 e. The number of nitriles is 1. The highest BCUT2D eigenvalue weighted by Crippen LogP contribution is 2.36. The number of hydrogen-bond donors (Lipinski definition) is 2. The molecule has 0 bridgehead atoms. The number of hydrogen-bond acceptors (Lipinski definition) is 10. The van der Waals surface area contributed by atoms with E-state index in [9.17, 15) is 36.4 Å². The van der Waals surface area contributed by atoms with Crippen molar-refractivity contribution in [2.24, 2.45) is 13.0 Å². The monoisotopic (exact) mass is 806 g/mol. The van der Waals surface area contributed by atoms with Gasteiger partial charge in [-0.15, -0.1) is 0 Å². The average molecular weight is 807 g/mol. The predicted molar refractivity (Wildman–Crippen MR) is 206 cm³/mol. The molecule has 14 nitrogen and oxygen atoms in total. The van der Waals surface area contributed by atoms with Crippen molar-refractivity contribution in [1.82, 2.24) is 34.3 Å². The van der Waals surface area contributed by atoms with Gasteiger partial charge in [-0.2, -0.15) is 27.8 Å². The highest BCUT2D eigenvalue weighted by Gasteiger charge is 2.34. The molecule has 0 radical (unpaired) electrons. The minimum absolute atomic E-state index is 0.0543. The van der Waals surface area contributed by atoms with Crippen molar-refractivity contribution in [3.63, 3.8) is 0 Å². The molecule has 3 fully saturated rings. The summed E-state index contributed by atoms with van der Waals surface area (Å²) in [7, 11) is -2.01. The van der Waals surface area contributed by atoms with Gasteiger partial charge in [-0.25, -0.2) is 23.2 Å². The number of fused-ring (bicyclic) bond motifs is 1. The number of likely N-dealkylation sites (tertiary alicyclic amines) is 1. The van der Waals surface area contributed by atoms with Gasteiger partial charge < -0.3 is 10.2 Å². The van der Waals surface area contributed by atoms with Crippen LogP contribution in [0.15, 0.2) is 53.7 Å². The number of nitrogens with one attached hydrogen (secondary N) is 2. The summed E-state index contributed by atoms with van der Waals surface area (Å²) in [5.74, 6) is 0.765. The Kier molecular flexibility index (Phi) is 11.3. The maximum absolute atomic E-state index is 13.8. The molecule has 2 N–H and O–H groups in total. The molecule has 2 aromatic carbocycles. The highest BCUT2D eigenvalue weighted by atomic mass is 32.2. The molecular weight excluding hydrogens is 762 g/mol. The Morgan fingerprint density at radius 2 is 1.77 bits per heavy atom. The quantitative estimate of drug-likeness (QED) is 0.211. The fourth-order valence-electron chi connectivity index (χ4n) is 8.24. The van der Waals surface area contributed by atoms with Crippen LogP contribution < -0.4 is 15.5 Å². The number of rotatable bonds is 10. The molecule has 0 aliphatic carbocycles. The molecule has 18 heteroatoms. The summed E-state index contributed by atoms with van der Waals surface area (Å²) in [6.07, 6.45) is 0.382. The molecule has 3 amide bonds. The molecule has 3 atom stereocenters. The van der Waals surface area contributed by atoms with Crippen LogP contribution in [-0.4, -0.2) is 94.1 Å². The number of carbonyl (C=O) groups excluding carboxylic acids is 2. The molecule has 3 saturated heterocycles. The van der Waals surface area contributed by atoms with Crippen LogP contribution in [0.2, 0.25) is 0 Å². The van der Waals surface area contributed by atoms with Gasteiger partial charge in [0.1, 0.15) is 0 Å². The summed E-state index contributed by atoms with van der Waals surface area (Å²) < 4.78 is 69.3. The highest BCUT2D eigenvalue weighted by molar-refractivity contribution is 7.89. The fraction of sp³-hybridized carbons (Fsp3) is 0.487. The normalized spacial score (nSPS) is 21.0. The number of piperidine rings is 2. The lowest BCUT2D eigenvalue weighted by atomic mass is 9.85. The average Bonchev–Trinajstić information content (AvgIpc) is 3.50. The maximum atomic E-state index is 13.8. The van der Waals surface area contributed by atoms with Gasteiger partial charge in [-0.3, -0.25) is 19.7 Å². The molecule has 3 aliphatic rings. The van der Waals surface area contributed by atoms with Crippen LogP contribution in [0, 0.1) is 17.2 Å². The Bertz CT molecular complexity index is 2300. The van der Waals surface area contributed by atoms with Crippen molar-refractivity contribution in [2.45, 2.75) is 81.4 Å². The van der Waals surface area contributed by atoms with E-state index in [0.717, 1.165) is 49.2 Å². The second-order valence-corrected chi connectivity index (χ2v) is 17.3. The Morgan fingerprint density at radius 1 is 1.04 bits per heavy atom. The van der Waals surface area contributed by atoms with Gasteiger partial charge in [0.25, 0.3) is 0 Å². The second kappa shape index (κ2) is 16.0. The molecule has 4 aromatic rings. The van der Waals surface area contributed by atoms with Gasteiger partial charge in [0.2, 0.25) is 21.9 Å². The Balaban J connectivity index is 0.946. The first kappa shape index (κ1) is 40.1. The smallest absolute Gasteiger partial charge is 0.351 e. The number of benzene rings is 2. The van der Waals surface area contributed by atoms with Crippen LogP contribution in [-0.2, 0) is 34.5 Å². The van der Waals surface area contributed by atoms with Gasteiger partial charge in [0.05, 0.1) is 27.6 Å². The lowest BCUT2D eigenvalue weighted by Gasteiger charge is -2.39. The van der Waals surface area contributed by atoms with E-state index < -0.39 is 27.8 Å². The van der Waals surface area contributed by atoms with Crippen LogP contribution in [0.25, 0.3) is 10.9 Å². The summed E-state index contributed by atoms with van der Waals surface area (Å²) in [6.45, 7) is 6.69. The van der Waals surface area contributed by atoms with E-state index in [0.29, 0.717) is 42.1 Å². The van der Waals surface area contributed by atoms with E-state index in [1.807, 2.05) is 13.1 Å². The summed E-state index contributed by atoms with van der Waals surface area (Å²) in [4.78, 5) is 35.8. The van der Waals surface area contributed by atoms with E-state index in [-0.39, 0.29) is 60.8 Å². The summed E-state index contributed by atoms with van der Waals surface area (Å²) in [6, 6.07) is 12.8. The van der Waals surface area contributed by atoms with Gasteiger partial charge >= 0.3 is 12.2 Å². The first-order valence-electron chi connectivity index (χ1n) is 19.1. The molecule has 0 saturated carbocycles. The molecule has 5 heterocycles. The number of urea groups is 1. The SMILES string of the molecule is CC(Cc1cc(S(=O)(=O)N2CCC(Nc3ncc(C(F)(F)F)cn3)CC2)ccc1C#N)CN1CCC(c2ccc3c(N4CCC(=O)NC4=O)nn(C)c3c2)C[C@H]1C. The van der Waals surface area contributed by atoms with Crippen molar-refractivity contribution in [1.29, 1.82) is 5.26 Å². The number of imide groups is 1. The van der Waals surface area contributed by atoms with Crippen LogP contribution in [0.3, 0.4) is 0 Å². The van der Waals surface area contributed by atoms with Gasteiger partial charge in [-0.1, -0.05) is 13.0 Å². The van der Waals surface area contributed by atoms with Crippen molar-refractivity contribution < 1.29 is 31.2 Å². The third kappa shape index (κ3) is 8.60. The summed E-state index contributed by atoms with van der Waals surface area (Å²) >= 11 is 0. The summed E-state index contributed by atoms with van der Waals surface area (Å²) in [5, 5.41) is 20.8. The lowest BCUT2D eigenvalue weighted by Crippen LogP contribution is -2.49. The van der Waals surface area contributed by atoms with Crippen molar-refractivity contribution in [3.05, 3.63) is 71.0 Å². The standard InChI is InChI=1S/C39H45F3N10O4S/c1-24(23-50-12-8-27(17-25(50)2)26-5-7-33-34(19-26)49(3)48-36(33)52-15-11-35(53)47-38(52)54)16-29-18-32(6-4-28(29)20-43)57(55,56)51-13-9-31(10-14-51)46-37-44-21-30(22-45-37)39(40,41)42/h4-7,18-19,21-22,24-25,27,31H,8-17,23H2,1-3H3,(H,44,45,46)(H,47,53,54)/t24?,25-,27?/m1/s1. The van der Waals surface area contributed by atoms with Gasteiger partial charge in [0, 0.05) is 69.5 Å². The van der Waals surface area contributed by atoms with E-state index in [4.69, 9.17) is 0 Å². The van der Waals surface area contributed by atoms with Crippen LogP contribution >= 0.6 is 0 Å². The Hall–Kier alpha value is -5.12. The molecule has 7 rings (SSSR count). The van der Waals surface area contributed by atoms with Crippen molar-refractivity contribution in [2.75, 3.05) is 42.9 Å². The number of aryl methyl sites for hydroxylation is 1. The zero-order chi connectivity index (χ0) is 40.6. The molecule has 2 unspecified atom stereocenters. The number of anilines is 2. The lowest BCUT2D eigenvalue weighted by molar-refractivity contribution is -0.138. The molecular formula is C39H45F3N10O4S. The van der Waals surface area contributed by atoms with Crippen LogP contribution in [0.4, 0.5) is 29.7 Å². The Morgan fingerprint density at radius 3 is 2.44 bits per heavy atom. The summed E-state index contributed by atoms with van der Waals surface area (Å²) in [5.41, 5.74) is 2.31. The number of aromatic nitrogens is 4. The van der Waals surface area contributed by atoms with Crippen LogP contribution in [0.1, 0.15) is 74.1 Å². The second-order valence-electron chi connectivity index (χ2n) is 15.4. The molecule has 3 aliphatic heterocycles. The third-order valence-corrected chi connectivity index (χ3v) is 13.3. The van der Waals surface area contributed by atoms with Gasteiger partial charge in [-0.05, 0) is 98.9 Å².